The molecule has 0 fully saturated rings. The van der Waals surface area contributed by atoms with E-state index in [1.165, 1.54) is 0 Å². The summed E-state index contributed by atoms with van der Waals surface area (Å²) >= 11 is 0. The quantitative estimate of drug-likeness (QED) is 0.672. The van der Waals surface area contributed by atoms with Gasteiger partial charge in [0.2, 0.25) is 5.82 Å². The second kappa shape index (κ2) is 3.76. The van der Waals surface area contributed by atoms with E-state index >= 15 is 0 Å². The lowest BCUT2D eigenvalue weighted by molar-refractivity contribution is 0.881. The van der Waals surface area contributed by atoms with Crippen molar-refractivity contribution in [2.75, 3.05) is 0 Å². The Balaban J connectivity index is 2.37. The van der Waals surface area contributed by atoms with Crippen LogP contribution in [0.4, 0.5) is 0 Å². The minimum Gasteiger partial charge on any atom is -0.321 e. The molecule has 0 spiro atoms. The fourth-order valence-electron chi connectivity index (χ4n) is 2.12. The molecule has 0 saturated heterocycles. The van der Waals surface area contributed by atoms with Gasteiger partial charge in [0, 0.05) is 10.9 Å². The van der Waals surface area contributed by atoms with Gasteiger partial charge in [0.05, 0.1) is 5.56 Å². The molecule has 0 amide bonds. The van der Waals surface area contributed by atoms with Crippen LogP contribution in [-0.4, -0.2) is 25.6 Å². The van der Waals surface area contributed by atoms with E-state index in [1.54, 1.807) is 6.07 Å². The number of tetrazole rings is 1. The highest BCUT2D eigenvalue weighted by Crippen LogP contribution is 2.20. The van der Waals surface area contributed by atoms with E-state index in [9.17, 15) is 4.79 Å². The second-order valence-corrected chi connectivity index (χ2v) is 4.29. The van der Waals surface area contributed by atoms with Crippen LogP contribution >= 0.6 is 0 Å². The van der Waals surface area contributed by atoms with Crippen molar-refractivity contribution in [3.63, 3.8) is 0 Å². The van der Waals surface area contributed by atoms with Crippen LogP contribution in [0.1, 0.15) is 11.1 Å². The van der Waals surface area contributed by atoms with Gasteiger partial charge in [-0.25, -0.2) is 0 Å². The molecule has 0 unspecified atom stereocenters. The molecule has 1 aromatic carbocycles. The monoisotopic (exact) mass is 241 g/mol. The van der Waals surface area contributed by atoms with E-state index < -0.39 is 0 Å². The Kier molecular flexibility index (Phi) is 2.22. The number of rotatable bonds is 1. The van der Waals surface area contributed by atoms with E-state index in [4.69, 9.17) is 0 Å². The molecule has 18 heavy (non-hydrogen) atoms. The summed E-state index contributed by atoms with van der Waals surface area (Å²) in [4.78, 5) is 14.8. The maximum absolute atomic E-state index is 12.0. The Labute approximate surface area is 102 Å². The number of H-pyrrole nitrogens is 2. The lowest BCUT2D eigenvalue weighted by atomic mass is 10.0. The van der Waals surface area contributed by atoms with E-state index in [-0.39, 0.29) is 5.56 Å². The van der Waals surface area contributed by atoms with Gasteiger partial charge in [0.15, 0.2) is 0 Å². The SMILES string of the molecule is Cc1cc(C)c2cc(-c3nn[nH]n3)c(=O)[nH]c2c1. The van der Waals surface area contributed by atoms with Crippen LogP contribution in [0.2, 0.25) is 0 Å². The fourth-order valence-corrected chi connectivity index (χ4v) is 2.12. The van der Waals surface area contributed by atoms with Crippen molar-refractivity contribution in [2.24, 2.45) is 0 Å². The van der Waals surface area contributed by atoms with Crippen molar-refractivity contribution in [1.29, 1.82) is 0 Å². The number of fused-ring (bicyclic) bond motifs is 1. The third-order valence-corrected chi connectivity index (χ3v) is 2.90. The van der Waals surface area contributed by atoms with Crippen LogP contribution in [0.5, 0.6) is 0 Å². The Hall–Kier alpha value is -2.50. The third-order valence-electron chi connectivity index (χ3n) is 2.90. The number of aryl methyl sites for hydroxylation is 2. The normalized spacial score (nSPS) is 11.0. The zero-order valence-electron chi connectivity index (χ0n) is 9.98. The number of hydrogen-bond acceptors (Lipinski definition) is 4. The molecule has 0 aliphatic carbocycles. The standard InChI is InChI=1S/C12H11N5O/c1-6-3-7(2)8-5-9(11-14-16-17-15-11)12(18)13-10(8)4-6/h3-5H,1-2H3,(H,13,18)(H,14,15,16,17). The van der Waals surface area contributed by atoms with Gasteiger partial charge in [-0.3, -0.25) is 4.79 Å². The average Bonchev–Trinajstić information content (AvgIpc) is 2.81. The number of aromatic amines is 2. The molecule has 0 aliphatic heterocycles. The van der Waals surface area contributed by atoms with Crippen LogP contribution < -0.4 is 5.56 Å². The van der Waals surface area contributed by atoms with Gasteiger partial charge in [-0.1, -0.05) is 6.07 Å². The minimum absolute atomic E-state index is 0.214. The Morgan fingerprint density at radius 2 is 2.00 bits per heavy atom. The molecule has 3 aromatic rings. The van der Waals surface area contributed by atoms with Crippen LogP contribution in [-0.2, 0) is 0 Å². The summed E-state index contributed by atoms with van der Waals surface area (Å²) in [6.07, 6.45) is 0. The van der Waals surface area contributed by atoms with Crippen molar-refractivity contribution in [3.8, 4) is 11.4 Å². The highest BCUT2D eigenvalue weighted by molar-refractivity contribution is 5.85. The van der Waals surface area contributed by atoms with Crippen molar-refractivity contribution < 1.29 is 0 Å². The number of nitrogens with one attached hydrogen (secondary N) is 2. The fraction of sp³-hybridized carbons (Fsp3) is 0.167. The van der Waals surface area contributed by atoms with Crippen molar-refractivity contribution in [1.82, 2.24) is 25.6 Å². The molecular weight excluding hydrogens is 230 g/mol. The maximum atomic E-state index is 12.0. The van der Waals surface area contributed by atoms with Gasteiger partial charge in [-0.2, -0.15) is 5.21 Å². The summed E-state index contributed by atoms with van der Waals surface area (Å²) in [6, 6.07) is 5.82. The largest absolute Gasteiger partial charge is 0.321 e. The summed E-state index contributed by atoms with van der Waals surface area (Å²) in [5.74, 6) is 0.304. The zero-order chi connectivity index (χ0) is 12.7. The Morgan fingerprint density at radius 1 is 1.17 bits per heavy atom. The summed E-state index contributed by atoms with van der Waals surface area (Å²) in [5, 5.41) is 14.5. The van der Waals surface area contributed by atoms with Gasteiger partial charge in [-0.15, -0.1) is 10.2 Å². The van der Waals surface area contributed by atoms with E-state index in [0.29, 0.717) is 11.4 Å². The first-order valence-corrected chi connectivity index (χ1v) is 5.53. The van der Waals surface area contributed by atoms with Crippen molar-refractivity contribution >= 4 is 10.9 Å². The average molecular weight is 241 g/mol. The molecule has 2 aromatic heterocycles. The number of pyridine rings is 1. The highest BCUT2D eigenvalue weighted by Gasteiger charge is 2.10. The summed E-state index contributed by atoms with van der Waals surface area (Å²) < 4.78 is 0. The zero-order valence-corrected chi connectivity index (χ0v) is 9.98. The minimum atomic E-state index is -0.214. The number of benzene rings is 1. The maximum Gasteiger partial charge on any atom is 0.259 e. The first-order chi connectivity index (χ1) is 8.65. The van der Waals surface area contributed by atoms with Crippen LogP contribution in [0, 0.1) is 13.8 Å². The summed E-state index contributed by atoms with van der Waals surface area (Å²) in [6.45, 7) is 4.01. The number of nitrogens with zero attached hydrogens (tertiary/aromatic N) is 3. The first-order valence-electron chi connectivity index (χ1n) is 5.53. The molecular formula is C12H11N5O. The first kappa shape index (κ1) is 10.6. The molecule has 3 rings (SSSR count). The third kappa shape index (κ3) is 1.58. The molecule has 2 heterocycles. The van der Waals surface area contributed by atoms with E-state index in [2.05, 4.69) is 31.7 Å². The molecule has 0 aliphatic rings. The topological polar surface area (TPSA) is 87.3 Å². The molecule has 90 valence electrons. The lowest BCUT2D eigenvalue weighted by Gasteiger charge is -2.05. The lowest BCUT2D eigenvalue weighted by Crippen LogP contribution is -2.10. The Bertz CT molecular complexity index is 773. The smallest absolute Gasteiger partial charge is 0.259 e. The number of aromatic nitrogens is 5. The molecule has 6 heteroatoms. The van der Waals surface area contributed by atoms with E-state index in [1.807, 2.05) is 19.9 Å². The molecule has 6 nitrogen and oxygen atoms in total. The Morgan fingerprint density at radius 3 is 2.72 bits per heavy atom. The van der Waals surface area contributed by atoms with Gasteiger partial charge in [0.25, 0.3) is 5.56 Å². The highest BCUT2D eigenvalue weighted by atomic mass is 16.1. The molecule has 0 radical (unpaired) electrons. The summed E-state index contributed by atoms with van der Waals surface area (Å²) in [7, 11) is 0. The molecule has 0 bridgehead atoms. The number of hydrogen-bond donors (Lipinski definition) is 2. The van der Waals surface area contributed by atoms with E-state index in [0.717, 1.165) is 22.0 Å². The predicted molar refractivity (Wildman–Crippen MR) is 67.2 cm³/mol. The molecule has 0 atom stereocenters. The summed E-state index contributed by atoms with van der Waals surface area (Å²) in [5.41, 5.74) is 3.25. The van der Waals surface area contributed by atoms with Crippen LogP contribution in [0.3, 0.4) is 0 Å². The predicted octanol–water partition coefficient (Wildman–Crippen LogP) is 1.33. The van der Waals surface area contributed by atoms with Crippen molar-refractivity contribution in [2.45, 2.75) is 13.8 Å². The van der Waals surface area contributed by atoms with Gasteiger partial charge < -0.3 is 4.98 Å². The second-order valence-electron chi connectivity index (χ2n) is 4.29. The van der Waals surface area contributed by atoms with Crippen molar-refractivity contribution in [3.05, 3.63) is 39.7 Å². The molecule has 2 N–H and O–H groups in total. The van der Waals surface area contributed by atoms with Gasteiger partial charge >= 0.3 is 0 Å². The van der Waals surface area contributed by atoms with Gasteiger partial charge in [0.1, 0.15) is 0 Å². The van der Waals surface area contributed by atoms with Gasteiger partial charge in [-0.05, 0) is 42.3 Å². The van der Waals surface area contributed by atoms with Crippen LogP contribution in [0.15, 0.2) is 23.0 Å². The van der Waals surface area contributed by atoms with Crippen LogP contribution in [0.25, 0.3) is 22.3 Å². The molecule has 0 saturated carbocycles.